The second-order valence-electron chi connectivity index (χ2n) is 10.7. The van der Waals surface area contributed by atoms with Gasteiger partial charge in [0.15, 0.2) is 0 Å². The summed E-state index contributed by atoms with van der Waals surface area (Å²) in [6.07, 6.45) is 11.0. The Morgan fingerprint density at radius 2 is 1.80 bits per heavy atom. The fraction of sp³-hybridized carbons (Fsp3) is 0.955. The van der Waals surface area contributed by atoms with E-state index in [0.717, 1.165) is 18.8 Å². The summed E-state index contributed by atoms with van der Waals surface area (Å²) in [7, 11) is 0. The van der Waals surface area contributed by atoms with Gasteiger partial charge in [-0.25, -0.2) is 0 Å². The third-order valence-electron chi connectivity index (χ3n) is 9.47. The molecular formula is C22H37NO2. The molecule has 3 heteroatoms. The van der Waals surface area contributed by atoms with Crippen LogP contribution in [0.15, 0.2) is 0 Å². The van der Waals surface area contributed by atoms with E-state index in [4.69, 9.17) is 10.5 Å². The highest BCUT2D eigenvalue weighted by molar-refractivity contribution is 5.77. The van der Waals surface area contributed by atoms with Gasteiger partial charge in [0.2, 0.25) is 0 Å². The molecule has 0 aromatic heterocycles. The highest BCUT2D eigenvalue weighted by Gasteiger charge is 2.67. The lowest BCUT2D eigenvalue weighted by molar-refractivity contribution is -0.187. The standard InChI is InChI=1S/C22H37NO2/c1-5-25-18(24)21(4)10-6-9-20(3)15(21)8-12-22-13-17(23)19(2,14-22)11-7-16(20)22/h15-17H,5-14,23H2,1-4H3/t15-,16-,17+,19-,20+,21+,22+/m0/s1. The van der Waals surface area contributed by atoms with Crippen LogP contribution in [0, 0.1) is 33.5 Å². The zero-order valence-electron chi connectivity index (χ0n) is 16.7. The predicted octanol–water partition coefficient (Wildman–Crippen LogP) is 4.68. The number of nitrogens with two attached hydrogens (primary N) is 1. The maximum atomic E-state index is 12.9. The molecule has 0 heterocycles. The number of esters is 1. The molecule has 4 saturated carbocycles. The average molecular weight is 348 g/mol. The summed E-state index contributed by atoms with van der Waals surface area (Å²) in [4.78, 5) is 12.9. The number of hydrogen-bond donors (Lipinski definition) is 1. The predicted molar refractivity (Wildman–Crippen MR) is 99.9 cm³/mol. The van der Waals surface area contributed by atoms with Crippen molar-refractivity contribution in [2.75, 3.05) is 6.61 Å². The van der Waals surface area contributed by atoms with Crippen molar-refractivity contribution in [1.82, 2.24) is 0 Å². The van der Waals surface area contributed by atoms with E-state index in [1.165, 1.54) is 44.9 Å². The summed E-state index contributed by atoms with van der Waals surface area (Å²) in [6, 6.07) is 0.373. The Bertz CT molecular complexity index is 576. The van der Waals surface area contributed by atoms with E-state index in [1.807, 2.05) is 6.92 Å². The van der Waals surface area contributed by atoms with Crippen molar-refractivity contribution >= 4 is 5.97 Å². The molecule has 142 valence electrons. The van der Waals surface area contributed by atoms with E-state index >= 15 is 0 Å². The maximum Gasteiger partial charge on any atom is 0.312 e. The van der Waals surface area contributed by atoms with Gasteiger partial charge in [-0.15, -0.1) is 0 Å². The molecule has 0 unspecified atom stereocenters. The smallest absolute Gasteiger partial charge is 0.312 e. The summed E-state index contributed by atoms with van der Waals surface area (Å²) in [5, 5.41) is 0. The number of hydrogen-bond acceptors (Lipinski definition) is 3. The largest absolute Gasteiger partial charge is 0.466 e. The Kier molecular flexibility index (Phi) is 3.90. The van der Waals surface area contributed by atoms with Crippen LogP contribution < -0.4 is 5.73 Å². The molecule has 0 aromatic rings. The van der Waals surface area contributed by atoms with E-state index < -0.39 is 0 Å². The first kappa shape index (κ1) is 17.8. The van der Waals surface area contributed by atoms with Crippen molar-refractivity contribution in [1.29, 1.82) is 0 Å². The lowest BCUT2D eigenvalue weighted by Crippen LogP contribution is -2.58. The summed E-state index contributed by atoms with van der Waals surface area (Å²) >= 11 is 0. The molecule has 1 spiro atoms. The van der Waals surface area contributed by atoms with Crippen molar-refractivity contribution in [3.8, 4) is 0 Å². The SMILES string of the molecule is CCOC(=O)[C@]1(C)CCC[C@@]2(C)[C@@H]3CC[C@@]4(C)C[C@@]3(CC[C@@H]21)C[C@H]4N. The average Bonchev–Trinajstić information content (AvgIpc) is 2.72. The summed E-state index contributed by atoms with van der Waals surface area (Å²) < 4.78 is 5.55. The van der Waals surface area contributed by atoms with Crippen molar-refractivity contribution in [3.63, 3.8) is 0 Å². The Morgan fingerprint density at radius 1 is 1.08 bits per heavy atom. The minimum absolute atomic E-state index is 0.0608. The molecule has 0 aromatic carbocycles. The molecule has 0 saturated heterocycles. The van der Waals surface area contributed by atoms with Gasteiger partial charge in [-0.3, -0.25) is 4.79 Å². The van der Waals surface area contributed by atoms with E-state index in [9.17, 15) is 4.79 Å². The highest BCUT2D eigenvalue weighted by atomic mass is 16.5. The van der Waals surface area contributed by atoms with Crippen LogP contribution in [-0.2, 0) is 9.53 Å². The van der Waals surface area contributed by atoms with Crippen molar-refractivity contribution < 1.29 is 9.53 Å². The molecular weight excluding hydrogens is 310 g/mol. The van der Waals surface area contributed by atoms with Crippen molar-refractivity contribution in [2.45, 2.75) is 91.5 Å². The van der Waals surface area contributed by atoms with Crippen LogP contribution in [0.3, 0.4) is 0 Å². The molecule has 2 N–H and O–H groups in total. The van der Waals surface area contributed by atoms with Crippen LogP contribution in [0.25, 0.3) is 0 Å². The zero-order valence-corrected chi connectivity index (χ0v) is 16.7. The van der Waals surface area contributed by atoms with Crippen molar-refractivity contribution in [3.05, 3.63) is 0 Å². The van der Waals surface area contributed by atoms with Crippen LogP contribution in [0.5, 0.6) is 0 Å². The zero-order chi connectivity index (χ0) is 18.1. The van der Waals surface area contributed by atoms with Gasteiger partial charge in [0, 0.05) is 6.04 Å². The van der Waals surface area contributed by atoms with Gasteiger partial charge in [-0.2, -0.15) is 0 Å². The van der Waals surface area contributed by atoms with E-state index in [-0.39, 0.29) is 16.8 Å². The lowest BCUT2D eigenvalue weighted by Gasteiger charge is -2.64. The molecule has 0 amide bonds. The monoisotopic (exact) mass is 347 g/mol. The summed E-state index contributed by atoms with van der Waals surface area (Å²) in [5.41, 5.74) is 7.44. The highest BCUT2D eigenvalue weighted by Crippen LogP contribution is 2.73. The van der Waals surface area contributed by atoms with Crippen LogP contribution in [0.4, 0.5) is 0 Å². The number of rotatable bonds is 2. The van der Waals surface area contributed by atoms with Gasteiger partial charge in [0.25, 0.3) is 0 Å². The molecule has 0 aliphatic heterocycles. The number of fused-ring (bicyclic) bond motifs is 3. The van der Waals surface area contributed by atoms with Crippen molar-refractivity contribution in [2.24, 2.45) is 39.2 Å². The maximum absolute atomic E-state index is 12.9. The minimum Gasteiger partial charge on any atom is -0.466 e. The molecule has 7 atom stereocenters. The first-order chi connectivity index (χ1) is 11.7. The minimum atomic E-state index is -0.286. The topological polar surface area (TPSA) is 52.3 Å². The molecule has 2 bridgehead atoms. The van der Waals surface area contributed by atoms with Gasteiger partial charge in [0.05, 0.1) is 12.0 Å². The first-order valence-corrected chi connectivity index (χ1v) is 10.6. The van der Waals surface area contributed by atoms with E-state index in [2.05, 4.69) is 20.8 Å². The van der Waals surface area contributed by atoms with Gasteiger partial charge < -0.3 is 10.5 Å². The molecule has 4 fully saturated rings. The summed E-state index contributed by atoms with van der Waals surface area (Å²) in [5.74, 6) is 1.28. The fourth-order valence-electron chi connectivity index (χ4n) is 8.36. The van der Waals surface area contributed by atoms with Crippen LogP contribution >= 0.6 is 0 Å². The Morgan fingerprint density at radius 3 is 2.52 bits per heavy atom. The van der Waals surface area contributed by atoms with Gasteiger partial charge in [-0.05, 0) is 93.3 Å². The third-order valence-corrected chi connectivity index (χ3v) is 9.47. The Labute approximate surface area is 153 Å². The van der Waals surface area contributed by atoms with Crippen LogP contribution in [-0.4, -0.2) is 18.6 Å². The number of carbonyl (C=O) groups excluding carboxylic acids is 1. The number of ether oxygens (including phenoxy) is 1. The number of carbonyl (C=O) groups is 1. The molecule has 4 rings (SSSR count). The molecule has 3 nitrogen and oxygen atoms in total. The van der Waals surface area contributed by atoms with Gasteiger partial charge >= 0.3 is 5.97 Å². The lowest BCUT2D eigenvalue weighted by atomic mass is 9.40. The first-order valence-electron chi connectivity index (χ1n) is 10.6. The second-order valence-corrected chi connectivity index (χ2v) is 10.7. The molecule has 0 radical (unpaired) electrons. The van der Waals surface area contributed by atoms with E-state index in [0.29, 0.717) is 29.4 Å². The third kappa shape index (κ3) is 2.23. The Hall–Kier alpha value is -0.570. The van der Waals surface area contributed by atoms with Gasteiger partial charge in [-0.1, -0.05) is 20.3 Å². The quantitative estimate of drug-likeness (QED) is 0.738. The van der Waals surface area contributed by atoms with Crippen LogP contribution in [0.1, 0.15) is 85.5 Å². The van der Waals surface area contributed by atoms with Gasteiger partial charge in [0.1, 0.15) is 0 Å². The van der Waals surface area contributed by atoms with Crippen LogP contribution in [0.2, 0.25) is 0 Å². The molecule has 25 heavy (non-hydrogen) atoms. The second kappa shape index (κ2) is 5.47. The normalized spacial score (nSPS) is 54.5. The Balaban J connectivity index is 1.69. The fourth-order valence-corrected chi connectivity index (χ4v) is 8.36. The van der Waals surface area contributed by atoms with E-state index in [1.54, 1.807) is 0 Å². The molecule has 4 aliphatic carbocycles. The summed E-state index contributed by atoms with van der Waals surface area (Å²) in [6.45, 7) is 9.59. The molecule has 4 aliphatic rings.